The van der Waals surface area contributed by atoms with Crippen LogP contribution in [0.15, 0.2) is 77.6 Å². The molecule has 180 valence electrons. The molecule has 9 heteroatoms. The fourth-order valence-electron chi connectivity index (χ4n) is 3.79. The summed E-state index contributed by atoms with van der Waals surface area (Å²) in [6.45, 7) is 0.549. The molecule has 1 aromatic heterocycles. The van der Waals surface area contributed by atoms with Gasteiger partial charge in [0, 0.05) is 0 Å². The molecule has 0 fully saturated rings. The number of carbonyl (C=O) groups is 2. The number of hydrogen-bond acceptors (Lipinski definition) is 6. The number of fused-ring (bicyclic) bond motifs is 1. The molecule has 1 heterocycles. The number of hydrogen-bond donors (Lipinski definition) is 3. The second kappa shape index (κ2) is 10.5. The van der Waals surface area contributed by atoms with E-state index in [0.29, 0.717) is 23.4 Å². The Morgan fingerprint density at radius 1 is 0.914 bits per heavy atom. The van der Waals surface area contributed by atoms with Crippen LogP contribution in [0, 0.1) is 5.92 Å². The van der Waals surface area contributed by atoms with E-state index >= 15 is 0 Å². The van der Waals surface area contributed by atoms with Gasteiger partial charge in [0.05, 0.1) is 16.8 Å². The molecule has 8 nitrogen and oxygen atoms in total. The number of aliphatic hydroxyl groups excluding tert-OH is 1. The van der Waals surface area contributed by atoms with Crippen molar-refractivity contribution in [1.82, 2.24) is 4.57 Å². The van der Waals surface area contributed by atoms with Crippen LogP contribution >= 0.6 is 11.3 Å². The highest BCUT2D eigenvalue weighted by Crippen LogP contribution is 2.27. The lowest BCUT2D eigenvalue weighted by Gasteiger charge is -2.12. The lowest BCUT2D eigenvalue weighted by atomic mass is 10.00. The Hall–Kier alpha value is -3.95. The molecule has 1 unspecified atom stereocenters. The first-order chi connectivity index (χ1) is 16.8. The average Bonchev–Trinajstić information content (AvgIpc) is 3.17. The lowest BCUT2D eigenvalue weighted by Crippen LogP contribution is -2.25. The summed E-state index contributed by atoms with van der Waals surface area (Å²) in [5, 5.41) is 28.7. The molecule has 35 heavy (non-hydrogen) atoms. The molecule has 0 aliphatic heterocycles. The van der Waals surface area contributed by atoms with E-state index in [1.807, 2.05) is 48.5 Å². The fraction of sp³-hybridized carbons (Fsp3) is 0.192. The Morgan fingerprint density at radius 2 is 1.60 bits per heavy atom. The van der Waals surface area contributed by atoms with Gasteiger partial charge in [-0.2, -0.15) is 0 Å². The van der Waals surface area contributed by atoms with Gasteiger partial charge in [-0.25, -0.2) is 0 Å². The minimum atomic E-state index is -1.50. The van der Waals surface area contributed by atoms with Crippen LogP contribution in [0.2, 0.25) is 0 Å². The number of thiazole rings is 1. The summed E-state index contributed by atoms with van der Waals surface area (Å²) in [6.07, 6.45) is -0.902. The van der Waals surface area contributed by atoms with Gasteiger partial charge < -0.3 is 20.1 Å². The highest BCUT2D eigenvalue weighted by atomic mass is 32.1. The van der Waals surface area contributed by atoms with Crippen LogP contribution in [0.3, 0.4) is 0 Å². The first kappa shape index (κ1) is 24.2. The van der Waals surface area contributed by atoms with Crippen LogP contribution in [0.5, 0.6) is 5.75 Å². The largest absolute Gasteiger partial charge is 0.492 e. The van der Waals surface area contributed by atoms with E-state index in [9.17, 15) is 19.5 Å². The molecule has 4 rings (SSSR count). The van der Waals surface area contributed by atoms with Crippen LogP contribution in [-0.4, -0.2) is 38.4 Å². The molecule has 0 bridgehead atoms. The molecule has 3 aromatic carbocycles. The Kier molecular flexibility index (Phi) is 7.28. The van der Waals surface area contributed by atoms with Crippen LogP contribution in [0.4, 0.5) is 0 Å². The number of aliphatic carboxylic acids is 2. The summed E-state index contributed by atoms with van der Waals surface area (Å²) >= 11 is 1.11. The number of carboxylic acids is 2. The molecule has 0 spiro atoms. The number of ether oxygens (including phenoxy) is 1. The summed E-state index contributed by atoms with van der Waals surface area (Å²) in [5.74, 6) is -3.74. The van der Waals surface area contributed by atoms with Crippen molar-refractivity contribution in [2.24, 2.45) is 5.92 Å². The van der Waals surface area contributed by atoms with Gasteiger partial charge in [-0.3, -0.25) is 19.0 Å². The molecule has 0 aliphatic carbocycles. The van der Waals surface area contributed by atoms with Crippen molar-refractivity contribution in [3.05, 3.63) is 99.2 Å². The summed E-state index contributed by atoms with van der Waals surface area (Å²) < 4.78 is 8.13. The fourth-order valence-corrected chi connectivity index (χ4v) is 4.75. The van der Waals surface area contributed by atoms with Crippen molar-refractivity contribution in [3.8, 4) is 5.75 Å². The van der Waals surface area contributed by atoms with Gasteiger partial charge in [-0.15, -0.1) is 0 Å². The van der Waals surface area contributed by atoms with E-state index in [2.05, 4.69) is 0 Å². The zero-order valence-corrected chi connectivity index (χ0v) is 19.4. The minimum Gasteiger partial charge on any atom is -0.492 e. The molecule has 0 amide bonds. The molecular formula is C26H23NO7S. The van der Waals surface area contributed by atoms with Gasteiger partial charge in [0.2, 0.25) is 0 Å². The summed E-state index contributed by atoms with van der Waals surface area (Å²) in [7, 11) is 0. The maximum atomic E-state index is 12.6. The number of benzene rings is 3. The Bertz CT molecular complexity index is 1380. The van der Waals surface area contributed by atoms with Gasteiger partial charge in [0.25, 0.3) is 0 Å². The van der Waals surface area contributed by atoms with E-state index in [-0.39, 0.29) is 17.9 Å². The minimum absolute atomic E-state index is 0.123. The summed E-state index contributed by atoms with van der Waals surface area (Å²) in [4.78, 5) is 34.5. The van der Waals surface area contributed by atoms with Gasteiger partial charge >= 0.3 is 16.8 Å². The van der Waals surface area contributed by atoms with Crippen molar-refractivity contribution in [2.45, 2.75) is 19.1 Å². The normalized spacial score (nSPS) is 12.1. The topological polar surface area (TPSA) is 126 Å². The zero-order valence-electron chi connectivity index (χ0n) is 18.5. The molecule has 3 N–H and O–H groups in total. The maximum Gasteiger partial charge on any atom is 0.318 e. The van der Waals surface area contributed by atoms with Gasteiger partial charge in [-0.05, 0) is 47.4 Å². The average molecular weight is 494 g/mol. The van der Waals surface area contributed by atoms with Crippen LogP contribution in [-0.2, 0) is 22.6 Å². The monoisotopic (exact) mass is 493 g/mol. The van der Waals surface area contributed by atoms with Crippen molar-refractivity contribution in [3.63, 3.8) is 0 Å². The highest BCUT2D eigenvalue weighted by molar-refractivity contribution is 7.16. The third-order valence-electron chi connectivity index (χ3n) is 5.67. The Morgan fingerprint density at radius 3 is 2.26 bits per heavy atom. The number of nitrogens with zero attached hydrogens (tertiary/aromatic N) is 1. The summed E-state index contributed by atoms with van der Waals surface area (Å²) in [5.41, 5.74) is 2.82. The van der Waals surface area contributed by atoms with E-state index in [4.69, 9.17) is 14.9 Å². The molecule has 0 radical (unpaired) electrons. The molecule has 4 aromatic rings. The number of rotatable bonds is 10. The zero-order chi connectivity index (χ0) is 24.9. The Balaban J connectivity index is 1.40. The molecule has 0 aliphatic rings. The van der Waals surface area contributed by atoms with Gasteiger partial charge in [0.15, 0.2) is 5.92 Å². The maximum absolute atomic E-state index is 12.6. The molecule has 1 atom stereocenters. The first-order valence-electron chi connectivity index (χ1n) is 10.9. The standard InChI is InChI=1S/C26H23NO7S/c28-23(17-4-2-1-3-5-17)18-8-11-21-22(15-18)35-26(33)27(21)12-13-34-19-9-6-16(7-10-19)14-20(24(29)30)25(31)32/h1-11,15,20,23,28H,12-14H2,(H,29,30)(H,31,32). The Labute approximate surface area is 204 Å². The quantitative estimate of drug-likeness (QED) is 0.288. The third kappa shape index (κ3) is 5.59. The van der Waals surface area contributed by atoms with Crippen molar-refractivity contribution in [1.29, 1.82) is 0 Å². The first-order valence-corrected chi connectivity index (χ1v) is 11.7. The van der Waals surface area contributed by atoms with Crippen molar-refractivity contribution >= 4 is 33.5 Å². The van der Waals surface area contributed by atoms with Gasteiger partial charge in [-0.1, -0.05) is 59.9 Å². The molecular weight excluding hydrogens is 470 g/mol. The molecule has 0 saturated carbocycles. The highest BCUT2D eigenvalue weighted by Gasteiger charge is 2.25. The predicted molar refractivity (Wildman–Crippen MR) is 131 cm³/mol. The SMILES string of the molecule is O=C(O)C(Cc1ccc(OCCn2c(=O)sc3cc(C(O)c4ccccc4)ccc32)cc1)C(=O)O. The smallest absolute Gasteiger partial charge is 0.318 e. The molecule has 0 saturated heterocycles. The number of aromatic nitrogens is 1. The predicted octanol–water partition coefficient (Wildman–Crippen LogP) is 3.55. The van der Waals surface area contributed by atoms with Crippen LogP contribution in [0.1, 0.15) is 22.8 Å². The van der Waals surface area contributed by atoms with Crippen LogP contribution in [0.25, 0.3) is 10.2 Å². The number of aliphatic hydroxyl groups is 1. The number of carboxylic acid groups (broad SMARTS) is 2. The lowest BCUT2D eigenvalue weighted by molar-refractivity contribution is -0.154. The van der Waals surface area contributed by atoms with E-state index in [1.165, 1.54) is 0 Å². The van der Waals surface area contributed by atoms with Crippen molar-refractivity contribution < 1.29 is 29.6 Å². The second-order valence-electron chi connectivity index (χ2n) is 7.99. The van der Waals surface area contributed by atoms with Gasteiger partial charge in [0.1, 0.15) is 18.5 Å². The second-order valence-corrected chi connectivity index (χ2v) is 8.98. The van der Waals surface area contributed by atoms with E-state index < -0.39 is 24.0 Å². The van der Waals surface area contributed by atoms with Crippen molar-refractivity contribution in [2.75, 3.05) is 6.61 Å². The van der Waals surface area contributed by atoms with E-state index in [0.717, 1.165) is 27.1 Å². The van der Waals surface area contributed by atoms with E-state index in [1.54, 1.807) is 28.8 Å². The summed E-state index contributed by atoms with van der Waals surface area (Å²) in [6, 6.07) is 21.3. The van der Waals surface area contributed by atoms with Crippen LogP contribution < -0.4 is 9.61 Å². The third-order valence-corrected chi connectivity index (χ3v) is 6.61.